The molecule has 0 amide bonds. The van der Waals surface area contributed by atoms with Crippen LogP contribution in [0.4, 0.5) is 0 Å². The van der Waals surface area contributed by atoms with Gasteiger partial charge in [0.25, 0.3) is 0 Å². The normalized spacial score (nSPS) is 36.9. The van der Waals surface area contributed by atoms with Crippen LogP contribution in [0.2, 0.25) is 0 Å². The summed E-state index contributed by atoms with van der Waals surface area (Å²) in [5, 5.41) is 3.73. The predicted octanol–water partition coefficient (Wildman–Crippen LogP) is 3.66. The van der Waals surface area contributed by atoms with E-state index in [1.807, 2.05) is 0 Å². The highest BCUT2D eigenvalue weighted by molar-refractivity contribution is 4.89. The molecule has 1 heterocycles. The average Bonchev–Trinajstić information content (AvgIpc) is 2.38. The van der Waals surface area contributed by atoms with Crippen molar-refractivity contribution in [1.29, 1.82) is 0 Å². The molecule has 2 aliphatic rings. The lowest BCUT2D eigenvalue weighted by molar-refractivity contribution is 0.0348. The molecule has 1 saturated heterocycles. The summed E-state index contributed by atoms with van der Waals surface area (Å²) in [7, 11) is 0. The Kier molecular flexibility index (Phi) is 5.70. The van der Waals surface area contributed by atoms with Crippen LogP contribution in [0.15, 0.2) is 0 Å². The molecule has 0 spiro atoms. The van der Waals surface area contributed by atoms with E-state index in [0.29, 0.717) is 6.04 Å². The van der Waals surface area contributed by atoms with Gasteiger partial charge in [-0.25, -0.2) is 0 Å². The summed E-state index contributed by atoms with van der Waals surface area (Å²) in [6.07, 6.45) is 8.45. The van der Waals surface area contributed by atoms with Gasteiger partial charge in [0.2, 0.25) is 0 Å². The minimum atomic E-state index is 0.678. The maximum atomic E-state index is 3.73. The second-order valence-electron chi connectivity index (χ2n) is 7.31. The maximum Gasteiger partial charge on any atom is 0.0195 e. The maximum absolute atomic E-state index is 3.73. The average molecular weight is 266 g/mol. The summed E-state index contributed by atoms with van der Waals surface area (Å²) in [6, 6.07) is 2.21. The monoisotopic (exact) mass is 266 g/mol. The molecule has 3 unspecified atom stereocenters. The summed E-state index contributed by atoms with van der Waals surface area (Å²) in [5.41, 5.74) is 0. The standard InChI is InChI=1S/C17H34N2/c1-13(2)19(12-16-10-5-6-11-18-16)17-14(3)8-7-9-15(17)4/h13-18H,5-12H2,1-4H3. The molecular formula is C17H34N2. The van der Waals surface area contributed by atoms with Crippen molar-refractivity contribution in [2.75, 3.05) is 13.1 Å². The van der Waals surface area contributed by atoms with E-state index < -0.39 is 0 Å². The molecule has 1 N–H and O–H groups in total. The molecule has 2 rings (SSSR count). The van der Waals surface area contributed by atoms with Crippen LogP contribution < -0.4 is 5.32 Å². The smallest absolute Gasteiger partial charge is 0.0195 e. The van der Waals surface area contributed by atoms with Crippen molar-refractivity contribution in [3.63, 3.8) is 0 Å². The Hall–Kier alpha value is -0.0800. The Bertz CT molecular complexity index is 248. The molecule has 2 nitrogen and oxygen atoms in total. The van der Waals surface area contributed by atoms with Crippen LogP contribution in [0.5, 0.6) is 0 Å². The van der Waals surface area contributed by atoms with Gasteiger partial charge in [0.1, 0.15) is 0 Å². The van der Waals surface area contributed by atoms with E-state index >= 15 is 0 Å². The topological polar surface area (TPSA) is 15.3 Å². The van der Waals surface area contributed by atoms with E-state index in [1.54, 1.807) is 0 Å². The lowest BCUT2D eigenvalue weighted by atomic mass is 9.77. The largest absolute Gasteiger partial charge is 0.313 e. The number of hydrogen-bond acceptors (Lipinski definition) is 2. The quantitative estimate of drug-likeness (QED) is 0.835. The number of rotatable bonds is 4. The van der Waals surface area contributed by atoms with Crippen molar-refractivity contribution < 1.29 is 0 Å². The zero-order valence-electron chi connectivity index (χ0n) is 13.5. The van der Waals surface area contributed by atoms with Crippen LogP contribution in [0.25, 0.3) is 0 Å². The van der Waals surface area contributed by atoms with Crippen LogP contribution in [-0.2, 0) is 0 Å². The third-order valence-electron chi connectivity index (χ3n) is 5.37. The van der Waals surface area contributed by atoms with Gasteiger partial charge in [-0.1, -0.05) is 26.7 Å². The molecule has 0 aromatic carbocycles. The molecular weight excluding hydrogens is 232 g/mol. The van der Waals surface area contributed by atoms with Gasteiger partial charge < -0.3 is 5.32 Å². The third kappa shape index (κ3) is 3.95. The van der Waals surface area contributed by atoms with Crippen molar-refractivity contribution in [1.82, 2.24) is 10.2 Å². The fourth-order valence-corrected chi connectivity index (χ4v) is 4.33. The van der Waals surface area contributed by atoms with E-state index in [-0.39, 0.29) is 0 Å². The van der Waals surface area contributed by atoms with E-state index in [1.165, 1.54) is 51.6 Å². The molecule has 1 aliphatic carbocycles. The third-order valence-corrected chi connectivity index (χ3v) is 5.37. The minimum Gasteiger partial charge on any atom is -0.313 e. The SMILES string of the molecule is CC1CCCC(C)C1N(CC1CCCCN1)C(C)C. The van der Waals surface area contributed by atoms with Gasteiger partial charge in [0.15, 0.2) is 0 Å². The highest BCUT2D eigenvalue weighted by Gasteiger charge is 2.34. The molecule has 3 atom stereocenters. The Labute approximate surface area is 120 Å². The molecule has 0 aromatic rings. The number of nitrogens with zero attached hydrogens (tertiary/aromatic N) is 1. The van der Waals surface area contributed by atoms with Crippen LogP contribution in [0.1, 0.15) is 66.2 Å². The summed E-state index contributed by atoms with van der Waals surface area (Å²) < 4.78 is 0. The fourth-order valence-electron chi connectivity index (χ4n) is 4.33. The molecule has 0 bridgehead atoms. The van der Waals surface area contributed by atoms with Gasteiger partial charge in [0, 0.05) is 24.7 Å². The molecule has 2 fully saturated rings. The molecule has 0 aromatic heterocycles. The summed E-state index contributed by atoms with van der Waals surface area (Å²) in [6.45, 7) is 12.2. The summed E-state index contributed by atoms with van der Waals surface area (Å²) in [5.74, 6) is 1.74. The Morgan fingerprint density at radius 2 is 1.68 bits per heavy atom. The van der Waals surface area contributed by atoms with Gasteiger partial charge in [-0.15, -0.1) is 0 Å². The summed E-state index contributed by atoms with van der Waals surface area (Å²) >= 11 is 0. The number of nitrogens with one attached hydrogen (secondary N) is 1. The Morgan fingerprint density at radius 3 is 2.21 bits per heavy atom. The molecule has 1 saturated carbocycles. The van der Waals surface area contributed by atoms with Gasteiger partial charge in [0.05, 0.1) is 0 Å². The van der Waals surface area contributed by atoms with Crippen LogP contribution in [0.3, 0.4) is 0 Å². The minimum absolute atomic E-state index is 0.678. The fraction of sp³-hybridized carbons (Fsp3) is 1.00. The van der Waals surface area contributed by atoms with Crippen LogP contribution in [0, 0.1) is 11.8 Å². The predicted molar refractivity (Wildman–Crippen MR) is 83.5 cm³/mol. The van der Waals surface area contributed by atoms with E-state index in [2.05, 4.69) is 37.9 Å². The first kappa shape index (κ1) is 15.3. The molecule has 2 heteroatoms. The van der Waals surface area contributed by atoms with Crippen molar-refractivity contribution in [2.45, 2.75) is 84.3 Å². The second-order valence-corrected chi connectivity index (χ2v) is 7.31. The van der Waals surface area contributed by atoms with Crippen molar-refractivity contribution in [2.24, 2.45) is 11.8 Å². The lowest BCUT2D eigenvalue weighted by Crippen LogP contribution is -2.54. The Morgan fingerprint density at radius 1 is 1.00 bits per heavy atom. The zero-order valence-corrected chi connectivity index (χ0v) is 13.5. The number of hydrogen-bond donors (Lipinski definition) is 1. The van der Waals surface area contributed by atoms with Gasteiger partial charge in [-0.2, -0.15) is 0 Å². The van der Waals surface area contributed by atoms with Crippen molar-refractivity contribution in [3.8, 4) is 0 Å². The van der Waals surface area contributed by atoms with Gasteiger partial charge in [-0.05, 0) is 57.9 Å². The highest BCUT2D eigenvalue weighted by atomic mass is 15.2. The summed E-state index contributed by atoms with van der Waals surface area (Å²) in [4.78, 5) is 2.82. The van der Waals surface area contributed by atoms with E-state index in [0.717, 1.165) is 23.9 Å². The van der Waals surface area contributed by atoms with Crippen LogP contribution >= 0.6 is 0 Å². The van der Waals surface area contributed by atoms with Crippen LogP contribution in [-0.4, -0.2) is 36.1 Å². The highest BCUT2D eigenvalue weighted by Crippen LogP contribution is 2.34. The lowest BCUT2D eigenvalue weighted by Gasteiger charge is -2.46. The van der Waals surface area contributed by atoms with E-state index in [4.69, 9.17) is 0 Å². The van der Waals surface area contributed by atoms with Crippen molar-refractivity contribution in [3.05, 3.63) is 0 Å². The van der Waals surface area contributed by atoms with Crippen molar-refractivity contribution >= 4 is 0 Å². The number of piperidine rings is 1. The molecule has 19 heavy (non-hydrogen) atoms. The molecule has 1 aliphatic heterocycles. The van der Waals surface area contributed by atoms with Gasteiger partial charge in [-0.3, -0.25) is 4.90 Å². The first-order valence-corrected chi connectivity index (χ1v) is 8.58. The second kappa shape index (κ2) is 7.08. The first-order valence-electron chi connectivity index (χ1n) is 8.58. The Balaban J connectivity index is 2.01. The molecule has 112 valence electrons. The molecule has 0 radical (unpaired) electrons. The first-order chi connectivity index (χ1) is 9.09. The zero-order chi connectivity index (χ0) is 13.8. The van der Waals surface area contributed by atoms with Gasteiger partial charge >= 0.3 is 0 Å². The van der Waals surface area contributed by atoms with E-state index in [9.17, 15) is 0 Å².